The van der Waals surface area contributed by atoms with E-state index in [2.05, 4.69) is 20.3 Å². The van der Waals surface area contributed by atoms with Gasteiger partial charge < -0.3 is 20.4 Å². The first kappa shape index (κ1) is 14.2. The molecule has 2 aromatic rings. The van der Waals surface area contributed by atoms with Gasteiger partial charge in [-0.15, -0.1) is 0 Å². The van der Waals surface area contributed by atoms with Gasteiger partial charge in [-0.3, -0.25) is 0 Å². The highest BCUT2D eigenvalue weighted by atomic mass is 16.3. The summed E-state index contributed by atoms with van der Waals surface area (Å²) >= 11 is 0. The summed E-state index contributed by atoms with van der Waals surface area (Å²) in [4.78, 5) is 14.1. The first-order valence-corrected chi connectivity index (χ1v) is 6.31. The van der Waals surface area contributed by atoms with Crippen molar-refractivity contribution >= 4 is 17.6 Å². The minimum Gasteiger partial charge on any atom is -0.395 e. The van der Waals surface area contributed by atoms with Gasteiger partial charge in [-0.25, -0.2) is 9.97 Å². The van der Waals surface area contributed by atoms with Crippen molar-refractivity contribution in [2.45, 2.75) is 0 Å². The summed E-state index contributed by atoms with van der Waals surface area (Å²) in [5.74, 6) is 0.837. The Labute approximate surface area is 117 Å². The van der Waals surface area contributed by atoms with Crippen LogP contribution in [-0.4, -0.2) is 51.5 Å². The summed E-state index contributed by atoms with van der Waals surface area (Å²) in [6.07, 6.45) is 1.40. The van der Waals surface area contributed by atoms with E-state index in [1.165, 1.54) is 6.33 Å². The van der Waals surface area contributed by atoms with Crippen LogP contribution in [0.1, 0.15) is 0 Å². The predicted octanol–water partition coefficient (Wildman–Crippen LogP) is 0.406. The molecule has 0 saturated carbocycles. The Balaban J connectivity index is 2.14. The van der Waals surface area contributed by atoms with Gasteiger partial charge in [0.15, 0.2) is 0 Å². The zero-order valence-electron chi connectivity index (χ0n) is 11.0. The van der Waals surface area contributed by atoms with Crippen LogP contribution in [0.5, 0.6) is 0 Å². The second-order valence-electron chi connectivity index (χ2n) is 4.03. The van der Waals surface area contributed by atoms with Gasteiger partial charge in [0.2, 0.25) is 11.9 Å². The Morgan fingerprint density at radius 2 is 1.70 bits per heavy atom. The van der Waals surface area contributed by atoms with E-state index in [1.54, 1.807) is 4.90 Å². The number of aliphatic hydroxyl groups excluding tert-OH is 2. The van der Waals surface area contributed by atoms with E-state index in [-0.39, 0.29) is 13.2 Å². The van der Waals surface area contributed by atoms with E-state index < -0.39 is 0 Å². The van der Waals surface area contributed by atoms with E-state index in [0.29, 0.717) is 25.0 Å². The van der Waals surface area contributed by atoms with Crippen LogP contribution in [0.15, 0.2) is 36.7 Å². The molecule has 1 aromatic carbocycles. The third-order valence-corrected chi connectivity index (χ3v) is 2.61. The Bertz CT molecular complexity index is 517. The first-order chi connectivity index (χ1) is 9.83. The summed E-state index contributed by atoms with van der Waals surface area (Å²) < 4.78 is 0. The van der Waals surface area contributed by atoms with Gasteiger partial charge in [0, 0.05) is 18.8 Å². The number of hydrogen-bond acceptors (Lipinski definition) is 7. The molecular formula is C13H17N5O2. The molecule has 3 N–H and O–H groups in total. The van der Waals surface area contributed by atoms with E-state index in [4.69, 9.17) is 10.2 Å². The number of para-hydroxylation sites is 1. The SMILES string of the molecule is OCCN(CCO)c1ncnc(Nc2ccccc2)n1. The summed E-state index contributed by atoms with van der Waals surface area (Å²) in [7, 11) is 0. The van der Waals surface area contributed by atoms with Crippen molar-refractivity contribution in [1.82, 2.24) is 15.0 Å². The molecule has 1 aromatic heterocycles. The van der Waals surface area contributed by atoms with Crippen LogP contribution in [-0.2, 0) is 0 Å². The maximum absolute atomic E-state index is 9.02. The number of anilines is 3. The van der Waals surface area contributed by atoms with Gasteiger partial charge in [-0.05, 0) is 12.1 Å². The second kappa shape index (κ2) is 7.37. The molecule has 0 saturated heterocycles. The summed E-state index contributed by atoms with van der Waals surface area (Å²) in [5.41, 5.74) is 0.875. The van der Waals surface area contributed by atoms with Gasteiger partial charge in [0.1, 0.15) is 6.33 Å². The molecule has 0 aliphatic rings. The molecule has 0 spiro atoms. The molecule has 0 aliphatic carbocycles. The Hall–Kier alpha value is -2.25. The Morgan fingerprint density at radius 1 is 1.00 bits per heavy atom. The molecule has 0 atom stereocenters. The lowest BCUT2D eigenvalue weighted by Crippen LogP contribution is -2.31. The predicted molar refractivity (Wildman–Crippen MR) is 75.9 cm³/mol. The minimum absolute atomic E-state index is 0.0346. The number of nitrogens with zero attached hydrogens (tertiary/aromatic N) is 4. The van der Waals surface area contributed by atoms with Gasteiger partial charge in [-0.2, -0.15) is 4.98 Å². The zero-order valence-corrected chi connectivity index (χ0v) is 11.0. The van der Waals surface area contributed by atoms with E-state index in [9.17, 15) is 0 Å². The number of hydrogen-bond donors (Lipinski definition) is 3. The highest BCUT2D eigenvalue weighted by Gasteiger charge is 2.09. The Morgan fingerprint density at radius 3 is 2.35 bits per heavy atom. The molecule has 0 radical (unpaired) electrons. The topological polar surface area (TPSA) is 94.4 Å². The van der Waals surface area contributed by atoms with Crippen LogP contribution >= 0.6 is 0 Å². The third kappa shape index (κ3) is 3.87. The number of aliphatic hydroxyl groups is 2. The van der Waals surface area contributed by atoms with Crippen LogP contribution in [0.3, 0.4) is 0 Å². The molecule has 0 aliphatic heterocycles. The lowest BCUT2D eigenvalue weighted by atomic mass is 10.3. The third-order valence-electron chi connectivity index (χ3n) is 2.61. The molecule has 0 bridgehead atoms. The van der Waals surface area contributed by atoms with Crippen molar-refractivity contribution in [3.05, 3.63) is 36.7 Å². The summed E-state index contributed by atoms with van der Waals surface area (Å²) in [6, 6.07) is 9.56. The molecule has 106 valence electrons. The molecule has 7 heteroatoms. The molecule has 0 fully saturated rings. The van der Waals surface area contributed by atoms with Gasteiger partial charge >= 0.3 is 0 Å². The average Bonchev–Trinajstić information content (AvgIpc) is 2.48. The molecule has 1 heterocycles. The molecular weight excluding hydrogens is 258 g/mol. The standard InChI is InChI=1S/C13H17N5O2/c19-8-6-18(7-9-20)13-15-10-14-12(17-13)16-11-4-2-1-3-5-11/h1-5,10,19-20H,6-9H2,(H,14,15,16,17). The molecule has 0 unspecified atom stereocenters. The van der Waals surface area contributed by atoms with Crippen molar-refractivity contribution < 1.29 is 10.2 Å². The second-order valence-corrected chi connectivity index (χ2v) is 4.03. The summed E-state index contributed by atoms with van der Waals surface area (Å²) in [5, 5.41) is 21.1. The maximum atomic E-state index is 9.02. The Kier molecular flexibility index (Phi) is 5.22. The number of nitrogens with one attached hydrogen (secondary N) is 1. The van der Waals surface area contributed by atoms with E-state index in [0.717, 1.165) is 5.69 Å². The van der Waals surface area contributed by atoms with Crippen molar-refractivity contribution in [2.75, 3.05) is 36.5 Å². The fraction of sp³-hybridized carbons (Fsp3) is 0.308. The van der Waals surface area contributed by atoms with Crippen LogP contribution in [0, 0.1) is 0 Å². The fourth-order valence-electron chi connectivity index (χ4n) is 1.70. The van der Waals surface area contributed by atoms with Crippen LogP contribution in [0.2, 0.25) is 0 Å². The quantitative estimate of drug-likeness (QED) is 0.673. The van der Waals surface area contributed by atoms with E-state index in [1.807, 2.05) is 30.3 Å². The largest absolute Gasteiger partial charge is 0.395 e. The smallest absolute Gasteiger partial charge is 0.231 e. The van der Waals surface area contributed by atoms with Crippen molar-refractivity contribution in [3.8, 4) is 0 Å². The van der Waals surface area contributed by atoms with Crippen LogP contribution in [0.25, 0.3) is 0 Å². The molecule has 7 nitrogen and oxygen atoms in total. The van der Waals surface area contributed by atoms with Crippen LogP contribution in [0.4, 0.5) is 17.6 Å². The van der Waals surface area contributed by atoms with Gasteiger partial charge in [-0.1, -0.05) is 18.2 Å². The van der Waals surface area contributed by atoms with Crippen molar-refractivity contribution in [3.63, 3.8) is 0 Å². The van der Waals surface area contributed by atoms with E-state index >= 15 is 0 Å². The van der Waals surface area contributed by atoms with Crippen molar-refractivity contribution in [1.29, 1.82) is 0 Å². The van der Waals surface area contributed by atoms with Crippen LogP contribution < -0.4 is 10.2 Å². The number of rotatable bonds is 7. The maximum Gasteiger partial charge on any atom is 0.231 e. The van der Waals surface area contributed by atoms with Crippen molar-refractivity contribution in [2.24, 2.45) is 0 Å². The lowest BCUT2D eigenvalue weighted by Gasteiger charge is -2.20. The number of aromatic nitrogens is 3. The lowest BCUT2D eigenvalue weighted by molar-refractivity contribution is 0.280. The normalized spacial score (nSPS) is 10.3. The minimum atomic E-state index is -0.0346. The molecule has 0 amide bonds. The molecule has 2 rings (SSSR count). The highest BCUT2D eigenvalue weighted by molar-refractivity contribution is 5.53. The van der Waals surface area contributed by atoms with Gasteiger partial charge in [0.05, 0.1) is 13.2 Å². The first-order valence-electron chi connectivity index (χ1n) is 6.31. The fourth-order valence-corrected chi connectivity index (χ4v) is 1.70. The monoisotopic (exact) mass is 275 g/mol. The number of benzene rings is 1. The average molecular weight is 275 g/mol. The molecule has 20 heavy (non-hydrogen) atoms. The summed E-state index contributed by atoms with van der Waals surface area (Å²) in [6.45, 7) is 0.644. The zero-order chi connectivity index (χ0) is 14.2. The van der Waals surface area contributed by atoms with Gasteiger partial charge in [0.25, 0.3) is 0 Å². The highest BCUT2D eigenvalue weighted by Crippen LogP contribution is 2.13.